The third-order valence-electron chi connectivity index (χ3n) is 3.52. The van der Waals surface area contributed by atoms with E-state index >= 15 is 0 Å². The number of aromatic nitrogens is 1. The Morgan fingerprint density at radius 1 is 1.25 bits per heavy atom. The van der Waals surface area contributed by atoms with E-state index in [-0.39, 0.29) is 6.42 Å². The van der Waals surface area contributed by atoms with Crippen LogP contribution in [0.4, 0.5) is 4.79 Å². The molecule has 0 spiro atoms. The lowest BCUT2D eigenvalue weighted by atomic mass is 10.1. The summed E-state index contributed by atoms with van der Waals surface area (Å²) >= 11 is 0. The van der Waals surface area contributed by atoms with Crippen LogP contribution in [0.15, 0.2) is 24.5 Å². The number of carbonyl (C=O) groups excluding carboxylic acids is 3. The Hall–Kier alpha value is -2.55. The lowest BCUT2D eigenvalue weighted by Crippen LogP contribution is -2.53. The summed E-state index contributed by atoms with van der Waals surface area (Å²) in [5.41, 5.74) is 0.0806. The first-order valence-corrected chi connectivity index (χ1v) is 11.3. The Morgan fingerprint density at radius 3 is 2.43 bits per heavy atom. The first kappa shape index (κ1) is 23.5. The summed E-state index contributed by atoms with van der Waals surface area (Å²) in [4.78, 5) is 41.0. The van der Waals surface area contributed by atoms with E-state index in [1.54, 1.807) is 45.3 Å². The highest BCUT2D eigenvalue weighted by Gasteiger charge is 2.29. The zero-order valence-electron chi connectivity index (χ0n) is 17.1. The minimum Gasteiger partial charge on any atom is -0.467 e. The van der Waals surface area contributed by atoms with Gasteiger partial charge in [0, 0.05) is 27.2 Å². The molecule has 154 valence electrons. The number of nitrogens with one attached hydrogen (secondary N) is 2. The normalized spacial score (nSPS) is 13.0. The minimum absolute atomic E-state index is 0.222. The second kappa shape index (κ2) is 10.7. The van der Waals surface area contributed by atoms with Crippen molar-refractivity contribution >= 4 is 32.6 Å². The van der Waals surface area contributed by atoms with Gasteiger partial charge >= 0.3 is 12.1 Å². The van der Waals surface area contributed by atoms with Gasteiger partial charge in [-0.3, -0.25) is 9.78 Å². The van der Waals surface area contributed by atoms with Crippen LogP contribution in [-0.4, -0.2) is 62.3 Å². The van der Waals surface area contributed by atoms with E-state index in [0.29, 0.717) is 6.04 Å². The van der Waals surface area contributed by atoms with Gasteiger partial charge < -0.3 is 20.1 Å². The fraction of sp³-hybridized carbons (Fsp3) is 0.526. The van der Waals surface area contributed by atoms with Gasteiger partial charge in [-0.15, -0.1) is 6.17 Å². The maximum Gasteiger partial charge on any atom is 0.408 e. The van der Waals surface area contributed by atoms with Crippen molar-refractivity contribution in [2.45, 2.75) is 57.5 Å². The minimum atomic E-state index is -1.09. The molecule has 0 aromatic carbocycles. The van der Waals surface area contributed by atoms with Gasteiger partial charge in [-0.1, -0.05) is 12.6 Å². The number of alkyl carbamates (subject to hydrolysis) is 1. The number of hydrogen-bond donors (Lipinski definition) is 2. The van der Waals surface area contributed by atoms with Crippen LogP contribution in [0.1, 0.15) is 26.3 Å². The molecule has 1 aromatic heterocycles. The Labute approximate surface area is 167 Å². The molecule has 0 radical (unpaired) electrons. The van der Waals surface area contributed by atoms with Crippen LogP contribution in [-0.2, 0) is 25.5 Å². The smallest absolute Gasteiger partial charge is 0.408 e. The van der Waals surface area contributed by atoms with Gasteiger partial charge in [0.1, 0.15) is 17.7 Å². The Morgan fingerprint density at radius 2 is 1.93 bits per heavy atom. The Balaban J connectivity index is 2.90. The highest BCUT2D eigenvalue weighted by Crippen LogP contribution is 2.08. The predicted octanol–water partition coefficient (Wildman–Crippen LogP) is 1.31. The number of carbonyl (C=O) groups is 3. The topological polar surface area (TPSA) is 107 Å². The lowest BCUT2D eigenvalue weighted by Gasteiger charge is -2.25. The first-order valence-electron chi connectivity index (χ1n) is 8.93. The highest BCUT2D eigenvalue weighted by molar-refractivity contribution is 6.61. The molecule has 0 fully saturated rings. The van der Waals surface area contributed by atoms with Gasteiger partial charge in [0.25, 0.3) is 0 Å². The number of amides is 2. The summed E-state index contributed by atoms with van der Waals surface area (Å²) in [5, 5.41) is 5.25. The van der Waals surface area contributed by atoms with E-state index in [0.717, 1.165) is 5.56 Å². The molecule has 1 heterocycles. The molecule has 8 nitrogen and oxygen atoms in total. The third-order valence-corrected chi connectivity index (χ3v) is 4.63. The van der Waals surface area contributed by atoms with Crippen molar-refractivity contribution in [3.63, 3.8) is 0 Å². The molecule has 1 rings (SSSR count). The summed E-state index contributed by atoms with van der Waals surface area (Å²) in [6.45, 7) is 7.13. The molecule has 0 bridgehead atoms. The molecule has 1 aromatic rings. The predicted molar refractivity (Wildman–Crippen MR) is 109 cm³/mol. The Kier molecular flexibility index (Phi) is 8.97. The molecule has 2 amide bonds. The van der Waals surface area contributed by atoms with Crippen molar-refractivity contribution in [3.8, 4) is 0 Å². The van der Waals surface area contributed by atoms with E-state index < -0.39 is 44.1 Å². The molecule has 0 aliphatic heterocycles. The number of nitrogens with zero attached hydrogens (tertiary/aromatic N) is 1. The van der Waals surface area contributed by atoms with Crippen LogP contribution >= 0.6 is 0 Å². The monoisotopic (exact) mass is 407 g/mol. The second-order valence-electron chi connectivity index (χ2n) is 7.51. The summed E-state index contributed by atoms with van der Waals surface area (Å²) < 4.78 is 10.0. The number of methoxy groups -OCH3 is 1. The Bertz CT molecular complexity index is 703. The number of hydrogen-bond acceptors (Lipinski definition) is 6. The summed E-state index contributed by atoms with van der Waals surface area (Å²) in [7, 11) is 0.162. The van der Waals surface area contributed by atoms with Gasteiger partial charge in [0.2, 0.25) is 5.91 Å². The summed E-state index contributed by atoms with van der Waals surface area (Å²) in [6.07, 6.45) is 6.73. The number of rotatable bonds is 8. The average molecular weight is 408 g/mol. The largest absolute Gasteiger partial charge is 0.467 e. The molecular formula is C19H29N3O5Si. The molecule has 9 heteroatoms. The number of pyridine rings is 1. The van der Waals surface area contributed by atoms with Crippen molar-refractivity contribution in [3.05, 3.63) is 30.1 Å². The molecule has 0 saturated heterocycles. The molecule has 2 N–H and O–H groups in total. The van der Waals surface area contributed by atoms with Gasteiger partial charge in [-0.05, 0) is 38.4 Å². The van der Waals surface area contributed by atoms with Gasteiger partial charge in [0.05, 0.1) is 7.11 Å². The average Bonchev–Trinajstić information content (AvgIpc) is 2.58. The SMILES string of the molecule is C=[Si](C)C[C@@H](NC(=O)OC(C)(C)C)C(=O)NC(Cc1cccnc1)C(=O)OC. The van der Waals surface area contributed by atoms with E-state index in [1.807, 2.05) is 6.55 Å². The molecular weight excluding hydrogens is 378 g/mol. The van der Waals surface area contributed by atoms with Crippen molar-refractivity contribution in [2.75, 3.05) is 7.11 Å². The molecule has 0 aliphatic carbocycles. The zero-order valence-corrected chi connectivity index (χ0v) is 18.1. The molecule has 2 atom stereocenters. The molecule has 0 saturated carbocycles. The van der Waals surface area contributed by atoms with Crippen LogP contribution in [0, 0.1) is 0 Å². The summed E-state index contributed by atoms with van der Waals surface area (Å²) in [6, 6.07) is 2.17. The van der Waals surface area contributed by atoms with E-state index in [9.17, 15) is 14.4 Å². The van der Waals surface area contributed by atoms with Crippen LogP contribution in [0.25, 0.3) is 0 Å². The standard InChI is InChI=1S/C19H29N3O5Si/c1-19(2,3)27-18(25)22-15(12-28(5)6)16(23)21-14(17(24)26-4)10-13-8-7-9-20-11-13/h7-9,11,14-15H,5,10,12H2,1-4,6H3,(H,21,23)(H,22,25)/t14?,15-/m1/s1. The van der Waals surface area contributed by atoms with Crippen LogP contribution in [0.3, 0.4) is 0 Å². The molecule has 28 heavy (non-hydrogen) atoms. The van der Waals surface area contributed by atoms with Crippen LogP contribution in [0.5, 0.6) is 0 Å². The fourth-order valence-corrected chi connectivity index (χ4v) is 3.35. The fourth-order valence-electron chi connectivity index (χ4n) is 2.37. The van der Waals surface area contributed by atoms with Crippen LogP contribution in [0.2, 0.25) is 12.6 Å². The maximum absolute atomic E-state index is 12.8. The molecule has 0 aliphatic rings. The molecule has 1 unspecified atom stereocenters. The van der Waals surface area contributed by atoms with Crippen molar-refractivity contribution in [1.82, 2.24) is 15.6 Å². The number of esters is 1. The summed E-state index contributed by atoms with van der Waals surface area (Å²) in [5.74, 6) is -1.07. The van der Waals surface area contributed by atoms with E-state index in [2.05, 4.69) is 21.8 Å². The highest BCUT2D eigenvalue weighted by atomic mass is 28.2. The van der Waals surface area contributed by atoms with Crippen molar-refractivity contribution in [1.29, 1.82) is 0 Å². The van der Waals surface area contributed by atoms with Gasteiger partial charge in [-0.25, -0.2) is 9.59 Å². The third kappa shape index (κ3) is 8.89. The lowest BCUT2D eigenvalue weighted by molar-refractivity contribution is -0.145. The van der Waals surface area contributed by atoms with Gasteiger partial charge in [-0.2, -0.15) is 0 Å². The van der Waals surface area contributed by atoms with Gasteiger partial charge in [0.15, 0.2) is 0 Å². The zero-order chi connectivity index (χ0) is 21.3. The van der Waals surface area contributed by atoms with E-state index in [1.165, 1.54) is 7.11 Å². The van der Waals surface area contributed by atoms with E-state index in [4.69, 9.17) is 9.47 Å². The van der Waals surface area contributed by atoms with Crippen LogP contribution < -0.4 is 10.6 Å². The number of ether oxygens (including phenoxy) is 2. The quantitative estimate of drug-likeness (QED) is 0.497. The maximum atomic E-state index is 12.8. The first-order chi connectivity index (χ1) is 13.0. The second-order valence-corrected chi connectivity index (χ2v) is 9.83. The van der Waals surface area contributed by atoms with Crippen molar-refractivity contribution < 1.29 is 23.9 Å². The van der Waals surface area contributed by atoms with Crippen molar-refractivity contribution in [2.24, 2.45) is 0 Å².